The van der Waals surface area contributed by atoms with Gasteiger partial charge in [0.05, 0.1) is 35.9 Å². The number of fused-ring (bicyclic) bond motifs is 2. The van der Waals surface area contributed by atoms with Crippen molar-refractivity contribution in [2.75, 3.05) is 6.61 Å². The number of aliphatic hydroxyl groups excluding tert-OH is 7. The van der Waals surface area contributed by atoms with Crippen LogP contribution in [0.25, 0.3) is 0 Å². The largest absolute Gasteiger partial charge is 0.432 e. The van der Waals surface area contributed by atoms with Crippen molar-refractivity contribution in [2.45, 2.75) is 160 Å². The van der Waals surface area contributed by atoms with Crippen LogP contribution < -0.4 is 0 Å². The predicted octanol–water partition coefficient (Wildman–Crippen LogP) is 1.63. The smallest absolute Gasteiger partial charge is 0.317 e. The number of ether oxygens (including phenoxy) is 2. The molecule has 11 nitrogen and oxygen atoms in total. The highest BCUT2D eigenvalue weighted by Gasteiger charge is 2.85. The quantitative estimate of drug-likeness (QED) is 0.175. The van der Waals surface area contributed by atoms with Crippen LogP contribution in [0.15, 0.2) is 0 Å². The molecule has 0 radical (unpaired) electrons. The van der Waals surface area contributed by atoms with E-state index in [9.17, 15) is 45.6 Å². The minimum atomic E-state index is -1.74. The first-order chi connectivity index (χ1) is 21.8. The standard InChI is InChI=1S/C36H60O11/c1-18(7-10-23(38)31(2,3)45)19-11-12-33(5)21-8-9-22-34(6,30(44)47-29-28(43)27(42)26(41)20(16-37)46-29)24(39)15-25(40)36(22)17-35(21,36)14-13-32(19,33)4/h18-29,37-43,45H,7-17H2,1-6H3/t18-,19-,20-,21+,22-,23-,24-,25+,26+,27+,28+,29+,32+,33-,34-,35+,36-/m0/s1. The molecule has 0 aromatic rings. The Morgan fingerprint density at radius 3 is 2.19 bits per heavy atom. The fourth-order valence-corrected chi connectivity index (χ4v) is 12.7. The van der Waals surface area contributed by atoms with Gasteiger partial charge in [-0.2, -0.15) is 0 Å². The first kappa shape index (κ1) is 35.9. The van der Waals surface area contributed by atoms with Crippen molar-refractivity contribution in [2.24, 2.45) is 50.7 Å². The molecule has 0 unspecified atom stereocenters. The zero-order chi connectivity index (χ0) is 34.7. The molecule has 0 aromatic carbocycles. The Balaban J connectivity index is 1.24. The van der Waals surface area contributed by atoms with Gasteiger partial charge in [0, 0.05) is 11.8 Å². The van der Waals surface area contributed by atoms with Crippen LogP contribution in [0.1, 0.15) is 106 Å². The molecule has 11 heteroatoms. The highest BCUT2D eigenvalue weighted by atomic mass is 16.7. The topological polar surface area (TPSA) is 197 Å². The minimum absolute atomic E-state index is 0.0243. The van der Waals surface area contributed by atoms with E-state index in [0.717, 1.165) is 44.9 Å². The fourth-order valence-electron chi connectivity index (χ4n) is 12.7. The Bertz CT molecular complexity index is 1210. The first-order valence-corrected chi connectivity index (χ1v) is 18.0. The number of hydrogen-bond donors (Lipinski definition) is 8. The monoisotopic (exact) mass is 668 g/mol. The van der Waals surface area contributed by atoms with Crippen molar-refractivity contribution >= 4 is 5.97 Å². The van der Waals surface area contributed by atoms with Crippen LogP contribution in [0.4, 0.5) is 0 Å². The van der Waals surface area contributed by atoms with E-state index in [-0.39, 0.29) is 28.6 Å². The Morgan fingerprint density at radius 2 is 1.55 bits per heavy atom. The van der Waals surface area contributed by atoms with Crippen molar-refractivity contribution in [3.05, 3.63) is 0 Å². The van der Waals surface area contributed by atoms with E-state index in [2.05, 4.69) is 20.8 Å². The van der Waals surface area contributed by atoms with Crippen LogP contribution in [0, 0.1) is 50.7 Å². The number of rotatable bonds is 8. The second kappa shape index (κ2) is 11.6. The van der Waals surface area contributed by atoms with Gasteiger partial charge >= 0.3 is 5.97 Å². The summed E-state index contributed by atoms with van der Waals surface area (Å²) in [5.41, 5.74) is -3.15. The summed E-state index contributed by atoms with van der Waals surface area (Å²) < 4.78 is 11.2. The van der Waals surface area contributed by atoms with Gasteiger partial charge in [0.1, 0.15) is 24.4 Å². The van der Waals surface area contributed by atoms with Crippen LogP contribution in [0.2, 0.25) is 0 Å². The third-order valence-corrected chi connectivity index (χ3v) is 15.8. The lowest BCUT2D eigenvalue weighted by atomic mass is 9.41. The number of hydrogen-bond acceptors (Lipinski definition) is 11. The summed E-state index contributed by atoms with van der Waals surface area (Å²) in [5.74, 6) is 0.0620. The normalized spacial score (nSPS) is 53.6. The molecular weight excluding hydrogens is 608 g/mol. The van der Waals surface area contributed by atoms with Crippen molar-refractivity contribution in [3.63, 3.8) is 0 Å². The molecule has 0 bridgehead atoms. The average molecular weight is 669 g/mol. The average Bonchev–Trinajstić information content (AvgIpc) is 3.62. The van der Waals surface area contributed by atoms with Crippen LogP contribution in [-0.4, -0.2) is 108 Å². The minimum Gasteiger partial charge on any atom is -0.432 e. The molecule has 6 rings (SSSR count). The molecule has 2 spiro atoms. The van der Waals surface area contributed by atoms with Gasteiger partial charge in [0.25, 0.3) is 0 Å². The zero-order valence-corrected chi connectivity index (χ0v) is 29.0. The molecule has 1 heterocycles. The highest BCUT2D eigenvalue weighted by Crippen LogP contribution is 2.89. The lowest BCUT2D eigenvalue weighted by molar-refractivity contribution is -0.300. The van der Waals surface area contributed by atoms with Gasteiger partial charge in [-0.15, -0.1) is 0 Å². The molecule has 0 amide bonds. The van der Waals surface area contributed by atoms with Gasteiger partial charge in [-0.3, -0.25) is 4.79 Å². The Labute approximate surface area is 278 Å². The van der Waals surface area contributed by atoms with Crippen LogP contribution in [-0.2, 0) is 14.3 Å². The second-order valence-corrected chi connectivity index (χ2v) is 17.9. The van der Waals surface area contributed by atoms with E-state index in [0.29, 0.717) is 30.6 Å². The Morgan fingerprint density at radius 1 is 0.894 bits per heavy atom. The Kier molecular flexibility index (Phi) is 8.84. The number of carbonyl (C=O) groups excluding carboxylic acids is 1. The van der Waals surface area contributed by atoms with Crippen molar-refractivity contribution < 1.29 is 55.1 Å². The van der Waals surface area contributed by atoms with E-state index < -0.39 is 78.0 Å². The van der Waals surface area contributed by atoms with Crippen molar-refractivity contribution in [3.8, 4) is 0 Å². The maximum atomic E-state index is 14.1. The Hall–Kier alpha value is -0.890. The molecule has 5 saturated carbocycles. The predicted molar refractivity (Wildman–Crippen MR) is 169 cm³/mol. The number of aliphatic hydroxyl groups is 8. The lowest BCUT2D eigenvalue weighted by Gasteiger charge is -2.63. The van der Waals surface area contributed by atoms with Gasteiger partial charge in [-0.25, -0.2) is 0 Å². The molecule has 17 atom stereocenters. The third kappa shape index (κ3) is 4.80. The van der Waals surface area contributed by atoms with E-state index >= 15 is 0 Å². The molecule has 8 N–H and O–H groups in total. The van der Waals surface area contributed by atoms with Crippen LogP contribution in [0.5, 0.6) is 0 Å². The van der Waals surface area contributed by atoms with Gasteiger partial charge in [-0.1, -0.05) is 20.8 Å². The van der Waals surface area contributed by atoms with E-state index in [1.165, 1.54) is 0 Å². The molecule has 1 saturated heterocycles. The maximum absolute atomic E-state index is 14.1. The maximum Gasteiger partial charge on any atom is 0.317 e. The summed E-state index contributed by atoms with van der Waals surface area (Å²) in [6.07, 6.45) is -2.81. The third-order valence-electron chi connectivity index (χ3n) is 15.8. The number of esters is 1. The molecule has 47 heavy (non-hydrogen) atoms. The van der Waals surface area contributed by atoms with Gasteiger partial charge in [0.2, 0.25) is 6.29 Å². The molecule has 270 valence electrons. The summed E-state index contributed by atoms with van der Waals surface area (Å²) in [6, 6.07) is 0. The molecule has 6 fully saturated rings. The fraction of sp³-hybridized carbons (Fsp3) is 0.972. The van der Waals surface area contributed by atoms with Crippen molar-refractivity contribution in [1.82, 2.24) is 0 Å². The van der Waals surface area contributed by atoms with Gasteiger partial charge in [0.15, 0.2) is 0 Å². The van der Waals surface area contributed by atoms with Crippen LogP contribution >= 0.6 is 0 Å². The SMILES string of the molecule is C[C@@H](CC[C@H](O)C(C)(C)O)[C@@H]1CC[C@@]2(C)[C@H]3CC[C@H]4[C@](C)(C(=O)O[C@H]5O[C@@H](CO)[C@@H](O)[C@@H](O)[C@H]5O)[C@@H](O)C[C@@H](O)[C@]45C[C@]35CC[C@]12C. The van der Waals surface area contributed by atoms with E-state index in [1.807, 2.05) is 0 Å². The summed E-state index contributed by atoms with van der Waals surface area (Å²) >= 11 is 0. The zero-order valence-electron chi connectivity index (χ0n) is 29.0. The molecule has 5 aliphatic carbocycles. The number of carbonyl (C=O) groups is 1. The summed E-state index contributed by atoms with van der Waals surface area (Å²) in [4.78, 5) is 14.1. The highest BCUT2D eigenvalue weighted by molar-refractivity contribution is 5.78. The van der Waals surface area contributed by atoms with E-state index in [4.69, 9.17) is 9.47 Å². The molecule has 0 aromatic heterocycles. The van der Waals surface area contributed by atoms with Crippen LogP contribution in [0.3, 0.4) is 0 Å². The molecule has 1 aliphatic heterocycles. The van der Waals surface area contributed by atoms with E-state index in [1.54, 1.807) is 20.8 Å². The molecular formula is C36H60O11. The second-order valence-electron chi connectivity index (χ2n) is 17.9. The van der Waals surface area contributed by atoms with Crippen molar-refractivity contribution in [1.29, 1.82) is 0 Å². The van der Waals surface area contributed by atoms with Gasteiger partial charge in [-0.05, 0) is 118 Å². The summed E-state index contributed by atoms with van der Waals surface area (Å²) in [6.45, 7) is 11.5. The summed E-state index contributed by atoms with van der Waals surface area (Å²) in [7, 11) is 0. The van der Waals surface area contributed by atoms with Gasteiger partial charge < -0.3 is 50.3 Å². The lowest BCUT2D eigenvalue weighted by Crippen LogP contribution is -2.65. The summed E-state index contributed by atoms with van der Waals surface area (Å²) in [5, 5.41) is 84.8. The molecule has 6 aliphatic rings. The first-order valence-electron chi connectivity index (χ1n) is 18.0.